The van der Waals surface area contributed by atoms with Crippen LogP contribution in [0.5, 0.6) is 0 Å². The van der Waals surface area contributed by atoms with Crippen molar-refractivity contribution in [3.8, 4) is 0 Å². The first kappa shape index (κ1) is 21.8. The largest absolute Gasteiger partial charge is 0.394 e. The van der Waals surface area contributed by atoms with E-state index in [0.29, 0.717) is 5.56 Å². The van der Waals surface area contributed by atoms with E-state index in [1.165, 1.54) is 12.1 Å². The van der Waals surface area contributed by atoms with Crippen LogP contribution in [0.4, 0.5) is 5.69 Å². The van der Waals surface area contributed by atoms with Gasteiger partial charge in [0.1, 0.15) is 24.4 Å². The third-order valence-electron chi connectivity index (χ3n) is 5.71. The molecule has 166 valence electrons. The number of hydrogen-bond acceptors (Lipinski definition) is 8. The molecule has 0 radical (unpaired) electrons. The molecule has 2 aliphatic rings. The summed E-state index contributed by atoms with van der Waals surface area (Å²) in [5, 5.41) is 30.8. The van der Waals surface area contributed by atoms with Gasteiger partial charge in [-0.15, -0.1) is 0 Å². The molecule has 0 aliphatic carbocycles. The third kappa shape index (κ3) is 4.47. The third-order valence-corrected chi connectivity index (χ3v) is 5.71. The van der Waals surface area contributed by atoms with Gasteiger partial charge in [-0.3, -0.25) is 10.1 Å². The minimum absolute atomic E-state index is 0.0356. The molecular formula is C22H25NO8. The molecular weight excluding hydrogens is 406 g/mol. The van der Waals surface area contributed by atoms with Gasteiger partial charge in [0.25, 0.3) is 5.69 Å². The van der Waals surface area contributed by atoms with Crippen molar-refractivity contribution in [2.75, 3.05) is 13.2 Å². The molecule has 9 nitrogen and oxygen atoms in total. The Hall–Kier alpha value is -2.40. The van der Waals surface area contributed by atoms with Gasteiger partial charge in [-0.1, -0.05) is 18.2 Å². The number of ether oxygens (including phenoxy) is 4. The molecule has 2 N–H and O–H groups in total. The lowest BCUT2D eigenvalue weighted by atomic mass is 9.99. The normalized spacial score (nSPS) is 29.2. The summed E-state index contributed by atoms with van der Waals surface area (Å²) in [6.45, 7) is 3.68. The fourth-order valence-corrected chi connectivity index (χ4v) is 3.77. The Morgan fingerprint density at radius 1 is 1.03 bits per heavy atom. The highest BCUT2D eigenvalue weighted by molar-refractivity contribution is 5.33. The highest BCUT2D eigenvalue weighted by Gasteiger charge is 2.48. The van der Waals surface area contributed by atoms with Crippen molar-refractivity contribution in [1.82, 2.24) is 0 Å². The van der Waals surface area contributed by atoms with E-state index in [9.17, 15) is 20.3 Å². The molecule has 2 aliphatic heterocycles. The lowest BCUT2D eigenvalue weighted by Gasteiger charge is -2.47. The number of benzene rings is 2. The average Bonchev–Trinajstić information content (AvgIpc) is 2.79. The molecule has 6 unspecified atom stereocenters. The van der Waals surface area contributed by atoms with E-state index in [1.54, 1.807) is 12.1 Å². The predicted octanol–water partition coefficient (Wildman–Crippen LogP) is 2.46. The Labute approximate surface area is 179 Å². The van der Waals surface area contributed by atoms with Gasteiger partial charge in [0.15, 0.2) is 12.6 Å². The van der Waals surface area contributed by atoms with Gasteiger partial charge in [0.2, 0.25) is 0 Å². The number of non-ortho nitro benzene ring substituents is 1. The second-order valence-electron chi connectivity index (χ2n) is 7.82. The molecule has 2 aromatic rings. The molecule has 2 aromatic carbocycles. The molecule has 2 heterocycles. The van der Waals surface area contributed by atoms with Crippen molar-refractivity contribution < 1.29 is 34.1 Å². The molecule has 2 saturated heterocycles. The van der Waals surface area contributed by atoms with Crippen molar-refractivity contribution in [2.24, 2.45) is 0 Å². The Balaban J connectivity index is 1.55. The lowest BCUT2D eigenvalue weighted by molar-refractivity contribution is -0.385. The Bertz CT molecular complexity index is 934. The van der Waals surface area contributed by atoms with Crippen LogP contribution in [-0.2, 0) is 18.9 Å². The van der Waals surface area contributed by atoms with Gasteiger partial charge < -0.3 is 29.2 Å². The van der Waals surface area contributed by atoms with E-state index in [0.717, 1.165) is 16.7 Å². The van der Waals surface area contributed by atoms with E-state index < -0.39 is 48.5 Å². The number of hydrogen-bond donors (Lipinski definition) is 2. The molecule has 9 heteroatoms. The van der Waals surface area contributed by atoms with Crippen LogP contribution in [0.25, 0.3) is 0 Å². The van der Waals surface area contributed by atoms with Gasteiger partial charge in [-0.2, -0.15) is 0 Å². The SMILES string of the molecule is Cc1ccc(C2OC3COC(c4ccc([N+](=O)[O-])cc4)OC3C(C(O)CO)O2)cc1C. The van der Waals surface area contributed by atoms with Crippen molar-refractivity contribution >= 4 is 5.69 Å². The van der Waals surface area contributed by atoms with Crippen molar-refractivity contribution in [3.05, 3.63) is 74.8 Å². The minimum atomic E-state index is -1.18. The first-order valence-corrected chi connectivity index (χ1v) is 10.1. The number of aliphatic hydroxyl groups excluding tert-OH is 2. The Morgan fingerprint density at radius 2 is 1.74 bits per heavy atom. The number of nitrogens with zero attached hydrogens (tertiary/aromatic N) is 1. The van der Waals surface area contributed by atoms with Crippen LogP contribution < -0.4 is 0 Å². The predicted molar refractivity (Wildman–Crippen MR) is 108 cm³/mol. The molecule has 31 heavy (non-hydrogen) atoms. The fraction of sp³-hybridized carbons (Fsp3) is 0.455. The van der Waals surface area contributed by atoms with Crippen LogP contribution in [0.2, 0.25) is 0 Å². The first-order chi connectivity index (χ1) is 14.9. The number of nitro benzene ring substituents is 1. The standard InChI is InChI=1S/C22H25NO8/c1-12-3-4-15(9-13(12)2)22-29-18-11-28-21(14-5-7-16(8-6-14)23(26)27)31-20(18)19(30-22)17(25)10-24/h3-9,17-22,24-25H,10-11H2,1-2H3. The van der Waals surface area contributed by atoms with Crippen LogP contribution >= 0.6 is 0 Å². The minimum Gasteiger partial charge on any atom is -0.394 e. The summed E-state index contributed by atoms with van der Waals surface area (Å²) < 4.78 is 23.9. The van der Waals surface area contributed by atoms with Crippen molar-refractivity contribution in [1.29, 1.82) is 0 Å². The topological polar surface area (TPSA) is 121 Å². The summed E-state index contributed by atoms with van der Waals surface area (Å²) in [7, 11) is 0. The second-order valence-corrected chi connectivity index (χ2v) is 7.82. The van der Waals surface area contributed by atoms with Gasteiger partial charge in [0, 0.05) is 23.3 Å². The number of aliphatic hydroxyl groups is 2. The first-order valence-electron chi connectivity index (χ1n) is 10.1. The van der Waals surface area contributed by atoms with E-state index in [1.807, 2.05) is 32.0 Å². The van der Waals surface area contributed by atoms with Crippen LogP contribution in [0, 0.1) is 24.0 Å². The van der Waals surface area contributed by atoms with Crippen molar-refractivity contribution in [2.45, 2.75) is 50.8 Å². The summed E-state index contributed by atoms with van der Waals surface area (Å²) in [6.07, 6.45) is -4.80. The maximum absolute atomic E-state index is 10.9. The van der Waals surface area contributed by atoms with E-state index in [2.05, 4.69) is 0 Å². The lowest BCUT2D eigenvalue weighted by Crippen LogP contribution is -2.58. The summed E-state index contributed by atoms with van der Waals surface area (Å²) in [5.74, 6) is 0. The molecule has 0 saturated carbocycles. The molecule has 0 bridgehead atoms. The molecule has 0 spiro atoms. The molecule has 6 atom stereocenters. The van der Waals surface area contributed by atoms with Crippen LogP contribution in [0.15, 0.2) is 42.5 Å². The zero-order valence-electron chi connectivity index (χ0n) is 17.2. The van der Waals surface area contributed by atoms with Crippen LogP contribution in [0.3, 0.4) is 0 Å². The molecule has 0 amide bonds. The summed E-state index contributed by atoms with van der Waals surface area (Å²) in [6, 6.07) is 11.7. The monoisotopic (exact) mass is 431 g/mol. The van der Waals surface area contributed by atoms with Gasteiger partial charge in [-0.05, 0) is 37.1 Å². The van der Waals surface area contributed by atoms with Gasteiger partial charge >= 0.3 is 0 Å². The Kier molecular flexibility index (Phi) is 6.33. The number of fused-ring (bicyclic) bond motifs is 1. The quantitative estimate of drug-likeness (QED) is 0.547. The van der Waals surface area contributed by atoms with E-state index in [4.69, 9.17) is 18.9 Å². The van der Waals surface area contributed by atoms with Crippen LogP contribution in [-0.4, -0.2) is 52.8 Å². The fourth-order valence-electron chi connectivity index (χ4n) is 3.77. The maximum Gasteiger partial charge on any atom is 0.269 e. The van der Waals surface area contributed by atoms with E-state index in [-0.39, 0.29) is 12.3 Å². The van der Waals surface area contributed by atoms with Crippen LogP contribution in [0.1, 0.15) is 34.8 Å². The van der Waals surface area contributed by atoms with Crippen molar-refractivity contribution in [3.63, 3.8) is 0 Å². The Morgan fingerprint density at radius 3 is 2.39 bits per heavy atom. The molecule has 4 rings (SSSR count). The zero-order valence-corrected chi connectivity index (χ0v) is 17.2. The number of aryl methyl sites for hydroxylation is 2. The highest BCUT2D eigenvalue weighted by Crippen LogP contribution is 2.39. The smallest absolute Gasteiger partial charge is 0.269 e. The zero-order chi connectivity index (χ0) is 22.1. The van der Waals surface area contributed by atoms with Gasteiger partial charge in [-0.25, -0.2) is 0 Å². The second kappa shape index (κ2) is 8.99. The number of rotatable bonds is 5. The summed E-state index contributed by atoms with van der Waals surface area (Å²) >= 11 is 0. The summed E-state index contributed by atoms with van der Waals surface area (Å²) in [5.41, 5.74) is 3.58. The van der Waals surface area contributed by atoms with Gasteiger partial charge in [0.05, 0.1) is 18.1 Å². The molecule has 2 fully saturated rings. The average molecular weight is 431 g/mol. The number of nitro groups is 1. The molecule has 0 aromatic heterocycles. The summed E-state index contributed by atoms with van der Waals surface area (Å²) in [4.78, 5) is 10.4. The maximum atomic E-state index is 10.9. The highest BCUT2D eigenvalue weighted by atomic mass is 16.8. The van der Waals surface area contributed by atoms with E-state index >= 15 is 0 Å².